The number of carboxylic acid groups (broad SMARTS) is 1. The van der Waals surface area contributed by atoms with Crippen molar-refractivity contribution in [2.24, 2.45) is 0 Å². The van der Waals surface area contributed by atoms with E-state index in [2.05, 4.69) is 6.58 Å². The maximum Gasteiger partial charge on any atom is 0.307 e. The van der Waals surface area contributed by atoms with E-state index < -0.39 is 5.97 Å². The van der Waals surface area contributed by atoms with Gasteiger partial charge in [-0.25, -0.2) is 0 Å². The van der Waals surface area contributed by atoms with Crippen LogP contribution in [0.3, 0.4) is 0 Å². The number of ether oxygens (including phenoxy) is 1. The first-order valence-electron chi connectivity index (χ1n) is 4.76. The number of aliphatic carboxylic acids is 1. The topological polar surface area (TPSA) is 46.5 Å². The lowest BCUT2D eigenvalue weighted by molar-refractivity contribution is -0.136. The fourth-order valence-corrected chi connectivity index (χ4v) is 1.40. The van der Waals surface area contributed by atoms with Gasteiger partial charge in [0, 0.05) is 0 Å². The van der Waals surface area contributed by atoms with Gasteiger partial charge in [-0.1, -0.05) is 24.2 Å². The predicted octanol–water partition coefficient (Wildman–Crippen LogP) is 2.92. The van der Waals surface area contributed by atoms with Crippen molar-refractivity contribution < 1.29 is 14.6 Å². The fraction of sp³-hybridized carbons (Fsp3) is 0.250. The largest absolute Gasteiger partial charge is 0.488 e. The molecule has 0 fully saturated rings. The van der Waals surface area contributed by atoms with Crippen LogP contribution in [-0.2, 0) is 11.2 Å². The third-order valence-electron chi connectivity index (χ3n) is 1.83. The molecule has 86 valence electrons. The van der Waals surface area contributed by atoms with Gasteiger partial charge in [0.25, 0.3) is 0 Å². The predicted molar refractivity (Wildman–Crippen MR) is 63.1 cm³/mol. The van der Waals surface area contributed by atoms with Gasteiger partial charge in [-0.15, -0.1) is 0 Å². The number of hydrogen-bond donors (Lipinski definition) is 1. The normalized spacial score (nSPS) is 9.88. The highest BCUT2D eigenvalue weighted by Crippen LogP contribution is 2.25. The Bertz CT molecular complexity index is 413. The highest BCUT2D eigenvalue weighted by molar-refractivity contribution is 6.32. The fourth-order valence-electron chi connectivity index (χ4n) is 1.15. The van der Waals surface area contributed by atoms with E-state index in [-0.39, 0.29) is 6.42 Å². The minimum absolute atomic E-state index is 0.0412. The first kappa shape index (κ1) is 12.6. The molecule has 0 unspecified atom stereocenters. The number of benzene rings is 1. The summed E-state index contributed by atoms with van der Waals surface area (Å²) in [6, 6.07) is 4.96. The van der Waals surface area contributed by atoms with E-state index in [1.165, 1.54) is 0 Å². The molecular formula is C12H13ClO3. The Morgan fingerprint density at radius 2 is 2.25 bits per heavy atom. The minimum Gasteiger partial charge on any atom is -0.488 e. The lowest BCUT2D eigenvalue weighted by Crippen LogP contribution is -2.01. The van der Waals surface area contributed by atoms with Gasteiger partial charge in [-0.3, -0.25) is 4.79 Å². The highest BCUT2D eigenvalue weighted by Gasteiger charge is 2.05. The molecule has 0 amide bonds. The lowest BCUT2D eigenvalue weighted by atomic mass is 10.1. The van der Waals surface area contributed by atoms with Crippen LogP contribution in [0.25, 0.3) is 0 Å². The van der Waals surface area contributed by atoms with Crippen LogP contribution in [0.2, 0.25) is 5.02 Å². The first-order chi connectivity index (χ1) is 7.49. The van der Waals surface area contributed by atoms with Gasteiger partial charge in [-0.05, 0) is 30.2 Å². The Labute approximate surface area is 99.3 Å². The van der Waals surface area contributed by atoms with Crippen molar-refractivity contribution in [1.29, 1.82) is 0 Å². The molecule has 0 aliphatic heterocycles. The molecule has 0 aromatic heterocycles. The summed E-state index contributed by atoms with van der Waals surface area (Å²) in [6.07, 6.45) is -0.0412. The minimum atomic E-state index is -0.883. The van der Waals surface area contributed by atoms with Crippen LogP contribution >= 0.6 is 11.6 Å². The van der Waals surface area contributed by atoms with E-state index in [0.29, 0.717) is 22.9 Å². The van der Waals surface area contributed by atoms with Crippen molar-refractivity contribution in [3.63, 3.8) is 0 Å². The second-order valence-electron chi connectivity index (χ2n) is 3.58. The monoisotopic (exact) mass is 240 g/mol. The summed E-state index contributed by atoms with van der Waals surface area (Å²) in [5.41, 5.74) is 1.55. The van der Waals surface area contributed by atoms with Crippen molar-refractivity contribution in [1.82, 2.24) is 0 Å². The Morgan fingerprint density at radius 3 is 2.75 bits per heavy atom. The van der Waals surface area contributed by atoms with Crippen LogP contribution in [0.5, 0.6) is 5.75 Å². The molecule has 3 nitrogen and oxygen atoms in total. The van der Waals surface area contributed by atoms with Crippen molar-refractivity contribution in [2.75, 3.05) is 6.61 Å². The molecule has 0 saturated heterocycles. The van der Waals surface area contributed by atoms with Gasteiger partial charge in [-0.2, -0.15) is 0 Å². The molecule has 0 spiro atoms. The van der Waals surface area contributed by atoms with Crippen LogP contribution < -0.4 is 4.74 Å². The van der Waals surface area contributed by atoms with Crippen LogP contribution in [0.15, 0.2) is 30.4 Å². The van der Waals surface area contributed by atoms with Gasteiger partial charge in [0.1, 0.15) is 12.4 Å². The van der Waals surface area contributed by atoms with Crippen LogP contribution in [0.1, 0.15) is 12.5 Å². The zero-order valence-corrected chi connectivity index (χ0v) is 9.75. The van der Waals surface area contributed by atoms with Crippen LogP contribution in [0.4, 0.5) is 0 Å². The summed E-state index contributed by atoms with van der Waals surface area (Å²) in [6.45, 7) is 5.97. The molecule has 0 aliphatic carbocycles. The van der Waals surface area contributed by atoms with E-state index in [1.807, 2.05) is 6.92 Å². The number of hydrogen-bond acceptors (Lipinski definition) is 2. The first-order valence-corrected chi connectivity index (χ1v) is 5.14. The Kier molecular flexibility index (Phi) is 4.38. The molecule has 0 saturated carbocycles. The van der Waals surface area contributed by atoms with Crippen LogP contribution in [-0.4, -0.2) is 17.7 Å². The van der Waals surface area contributed by atoms with Gasteiger partial charge in [0.2, 0.25) is 0 Å². The SMILES string of the molecule is C=C(C)COc1ccc(CC(=O)O)cc1Cl. The maximum atomic E-state index is 10.5. The third kappa shape index (κ3) is 3.95. The summed E-state index contributed by atoms with van der Waals surface area (Å²) < 4.78 is 5.38. The summed E-state index contributed by atoms with van der Waals surface area (Å²) in [5.74, 6) is -0.342. The molecule has 16 heavy (non-hydrogen) atoms. The van der Waals surface area contributed by atoms with Crippen molar-refractivity contribution in [3.8, 4) is 5.75 Å². The Balaban J connectivity index is 2.75. The number of carboxylic acids is 1. The smallest absolute Gasteiger partial charge is 0.307 e. The standard InChI is InChI=1S/C12H13ClO3/c1-8(2)7-16-11-4-3-9(5-10(11)13)6-12(14)15/h3-5H,1,6-7H2,2H3,(H,14,15). The highest BCUT2D eigenvalue weighted by atomic mass is 35.5. The number of carbonyl (C=O) groups is 1. The molecular weight excluding hydrogens is 228 g/mol. The molecule has 1 aromatic rings. The van der Waals surface area contributed by atoms with Crippen molar-refractivity contribution in [3.05, 3.63) is 40.9 Å². The van der Waals surface area contributed by atoms with E-state index in [9.17, 15) is 4.79 Å². The van der Waals surface area contributed by atoms with E-state index in [0.717, 1.165) is 5.57 Å². The van der Waals surface area contributed by atoms with Gasteiger partial charge >= 0.3 is 5.97 Å². The molecule has 0 bridgehead atoms. The van der Waals surface area contributed by atoms with Crippen molar-refractivity contribution in [2.45, 2.75) is 13.3 Å². The zero-order valence-electron chi connectivity index (χ0n) is 9.00. The third-order valence-corrected chi connectivity index (χ3v) is 2.12. The average molecular weight is 241 g/mol. The average Bonchev–Trinajstić information content (AvgIpc) is 2.15. The molecule has 0 atom stereocenters. The van der Waals surface area contributed by atoms with Gasteiger partial charge in [0.15, 0.2) is 0 Å². The zero-order chi connectivity index (χ0) is 12.1. The number of halogens is 1. The second kappa shape index (κ2) is 5.56. The Morgan fingerprint density at radius 1 is 1.56 bits per heavy atom. The molecule has 0 aliphatic rings. The molecule has 1 N–H and O–H groups in total. The Hall–Kier alpha value is -1.48. The van der Waals surface area contributed by atoms with E-state index in [4.69, 9.17) is 21.4 Å². The number of rotatable bonds is 5. The van der Waals surface area contributed by atoms with Crippen LogP contribution in [0, 0.1) is 0 Å². The lowest BCUT2D eigenvalue weighted by Gasteiger charge is -2.08. The summed E-state index contributed by atoms with van der Waals surface area (Å²) in [5, 5.41) is 9.03. The van der Waals surface area contributed by atoms with Gasteiger partial charge < -0.3 is 9.84 Å². The molecule has 0 heterocycles. The van der Waals surface area contributed by atoms with Gasteiger partial charge in [0.05, 0.1) is 11.4 Å². The summed E-state index contributed by atoms with van der Waals surface area (Å²) >= 11 is 5.95. The summed E-state index contributed by atoms with van der Waals surface area (Å²) in [4.78, 5) is 10.5. The summed E-state index contributed by atoms with van der Waals surface area (Å²) in [7, 11) is 0. The van der Waals surface area contributed by atoms with E-state index in [1.54, 1.807) is 18.2 Å². The molecule has 4 heteroatoms. The second-order valence-corrected chi connectivity index (χ2v) is 3.99. The quantitative estimate of drug-likeness (QED) is 0.805. The molecule has 1 aromatic carbocycles. The molecule has 1 rings (SSSR count). The molecule has 0 radical (unpaired) electrons. The van der Waals surface area contributed by atoms with E-state index >= 15 is 0 Å². The maximum absolute atomic E-state index is 10.5. The van der Waals surface area contributed by atoms with Crippen molar-refractivity contribution >= 4 is 17.6 Å².